The topological polar surface area (TPSA) is 62.9 Å². The number of rotatable bonds is 6. The van der Waals surface area contributed by atoms with Crippen LogP contribution in [0.5, 0.6) is 0 Å². The van der Waals surface area contributed by atoms with Crippen LogP contribution in [0.2, 0.25) is 0 Å². The third-order valence-electron chi connectivity index (χ3n) is 3.19. The second-order valence-corrected chi connectivity index (χ2v) is 4.71. The van der Waals surface area contributed by atoms with Crippen LogP contribution < -0.4 is 11.1 Å². The van der Waals surface area contributed by atoms with Crippen molar-refractivity contribution < 1.29 is 4.74 Å². The van der Waals surface area contributed by atoms with Gasteiger partial charge in [0.2, 0.25) is 0 Å². The van der Waals surface area contributed by atoms with Crippen molar-refractivity contribution in [3.63, 3.8) is 0 Å². The Morgan fingerprint density at radius 3 is 2.72 bits per heavy atom. The number of hydrogen-bond acceptors (Lipinski definition) is 3. The maximum Gasteiger partial charge on any atom is 0.188 e. The third kappa shape index (κ3) is 8.10. The molecule has 0 saturated carbocycles. The van der Waals surface area contributed by atoms with Crippen LogP contribution in [0.1, 0.15) is 19.8 Å². The van der Waals surface area contributed by atoms with Gasteiger partial charge in [0.25, 0.3) is 0 Å². The number of likely N-dealkylation sites (tertiary alicyclic amines) is 1. The fourth-order valence-corrected chi connectivity index (χ4v) is 1.93. The Labute approximate surface area is 128 Å². The average Bonchev–Trinajstić information content (AvgIpc) is 2.32. The van der Waals surface area contributed by atoms with Crippen molar-refractivity contribution in [1.82, 2.24) is 10.2 Å². The number of ether oxygens (including phenoxy) is 1. The van der Waals surface area contributed by atoms with Gasteiger partial charge in [0, 0.05) is 20.2 Å². The van der Waals surface area contributed by atoms with E-state index in [9.17, 15) is 0 Å². The molecule has 0 spiro atoms. The first-order chi connectivity index (χ1) is 8.22. The normalized spacial score (nSPS) is 18.4. The predicted octanol–water partition coefficient (Wildman–Crippen LogP) is 0.887. The molecule has 5 nitrogen and oxygen atoms in total. The van der Waals surface area contributed by atoms with Crippen molar-refractivity contribution in [2.75, 3.05) is 46.4 Å². The number of nitrogens with zero attached hydrogens (tertiary/aromatic N) is 2. The first-order valence-electron chi connectivity index (χ1n) is 6.47. The van der Waals surface area contributed by atoms with E-state index in [1.165, 1.54) is 25.9 Å². The van der Waals surface area contributed by atoms with E-state index in [2.05, 4.69) is 22.1 Å². The molecule has 0 aromatic rings. The number of nitrogens with one attached hydrogen (secondary N) is 1. The quantitative estimate of drug-likeness (QED) is 0.316. The minimum atomic E-state index is 0. The highest BCUT2D eigenvalue weighted by Crippen LogP contribution is 2.15. The van der Waals surface area contributed by atoms with Crippen LogP contribution in [-0.4, -0.2) is 57.3 Å². The molecule has 0 bridgehead atoms. The SMILES string of the molecule is COCCNC(N)=NCCN1CCC(C)CC1.I. The van der Waals surface area contributed by atoms with E-state index in [-0.39, 0.29) is 24.0 Å². The standard InChI is InChI=1S/C12H26N4O.HI/c1-11-3-7-16(8-4-11)9-5-14-12(13)15-6-10-17-2;/h11H,3-10H2,1-2H3,(H3,13,14,15);1H. The van der Waals surface area contributed by atoms with Gasteiger partial charge in [-0.3, -0.25) is 4.99 Å². The molecule has 1 heterocycles. The molecule has 6 heteroatoms. The van der Waals surface area contributed by atoms with E-state index in [1.807, 2.05) is 0 Å². The molecule has 0 amide bonds. The third-order valence-corrected chi connectivity index (χ3v) is 3.19. The summed E-state index contributed by atoms with van der Waals surface area (Å²) in [6, 6.07) is 0. The Kier molecular flexibility index (Phi) is 10.8. The second kappa shape index (κ2) is 10.8. The molecule has 0 aliphatic carbocycles. The van der Waals surface area contributed by atoms with Gasteiger partial charge in [-0.15, -0.1) is 24.0 Å². The second-order valence-electron chi connectivity index (χ2n) is 4.71. The average molecular weight is 370 g/mol. The lowest BCUT2D eigenvalue weighted by atomic mass is 9.99. The van der Waals surface area contributed by atoms with Gasteiger partial charge < -0.3 is 20.7 Å². The number of halogens is 1. The van der Waals surface area contributed by atoms with E-state index in [4.69, 9.17) is 10.5 Å². The largest absolute Gasteiger partial charge is 0.383 e. The molecule has 1 fully saturated rings. The zero-order valence-electron chi connectivity index (χ0n) is 11.5. The van der Waals surface area contributed by atoms with E-state index in [1.54, 1.807) is 7.11 Å². The maximum atomic E-state index is 5.72. The Morgan fingerprint density at radius 2 is 2.11 bits per heavy atom. The van der Waals surface area contributed by atoms with Gasteiger partial charge in [-0.2, -0.15) is 0 Å². The molecule has 108 valence electrons. The molecule has 0 unspecified atom stereocenters. The van der Waals surface area contributed by atoms with E-state index >= 15 is 0 Å². The van der Waals surface area contributed by atoms with E-state index < -0.39 is 0 Å². The minimum absolute atomic E-state index is 0. The van der Waals surface area contributed by atoms with E-state index in [0.29, 0.717) is 19.1 Å². The van der Waals surface area contributed by atoms with Gasteiger partial charge in [0.05, 0.1) is 13.2 Å². The summed E-state index contributed by atoms with van der Waals surface area (Å²) in [6.45, 7) is 7.89. The molecule has 0 atom stereocenters. The van der Waals surface area contributed by atoms with Crippen LogP contribution in [0.4, 0.5) is 0 Å². The summed E-state index contributed by atoms with van der Waals surface area (Å²) in [6.07, 6.45) is 2.62. The lowest BCUT2D eigenvalue weighted by molar-refractivity contribution is 0.197. The molecule has 3 N–H and O–H groups in total. The summed E-state index contributed by atoms with van der Waals surface area (Å²) in [4.78, 5) is 6.76. The first-order valence-corrected chi connectivity index (χ1v) is 6.47. The Bertz CT molecular complexity index is 230. The summed E-state index contributed by atoms with van der Waals surface area (Å²) in [5, 5.41) is 3.01. The van der Waals surface area contributed by atoms with Crippen molar-refractivity contribution in [1.29, 1.82) is 0 Å². The summed E-state index contributed by atoms with van der Waals surface area (Å²) in [5.41, 5.74) is 5.72. The van der Waals surface area contributed by atoms with E-state index in [0.717, 1.165) is 19.0 Å². The molecule has 0 radical (unpaired) electrons. The van der Waals surface area contributed by atoms with Gasteiger partial charge in [-0.05, 0) is 31.8 Å². The Hall–Kier alpha value is -0.0800. The highest BCUT2D eigenvalue weighted by Gasteiger charge is 2.14. The lowest BCUT2D eigenvalue weighted by Gasteiger charge is -2.29. The number of hydrogen-bond donors (Lipinski definition) is 2. The summed E-state index contributed by atoms with van der Waals surface area (Å²) < 4.78 is 4.92. The van der Waals surface area contributed by atoms with Crippen molar-refractivity contribution in [2.45, 2.75) is 19.8 Å². The zero-order valence-corrected chi connectivity index (χ0v) is 13.9. The number of piperidine rings is 1. The van der Waals surface area contributed by atoms with Gasteiger partial charge in [0.1, 0.15) is 0 Å². The molecule has 0 aromatic carbocycles. The van der Waals surface area contributed by atoms with Crippen LogP contribution in [-0.2, 0) is 4.74 Å². The monoisotopic (exact) mass is 370 g/mol. The summed E-state index contributed by atoms with van der Waals surface area (Å²) in [7, 11) is 1.67. The summed E-state index contributed by atoms with van der Waals surface area (Å²) >= 11 is 0. The number of aliphatic imine (C=N–C) groups is 1. The van der Waals surface area contributed by atoms with Crippen LogP contribution >= 0.6 is 24.0 Å². The van der Waals surface area contributed by atoms with Crippen LogP contribution in [0.25, 0.3) is 0 Å². The molecular formula is C12H27IN4O. The van der Waals surface area contributed by atoms with Crippen molar-refractivity contribution in [3.05, 3.63) is 0 Å². The molecule has 0 aromatic heterocycles. The highest BCUT2D eigenvalue weighted by atomic mass is 127. The fourth-order valence-electron chi connectivity index (χ4n) is 1.93. The van der Waals surface area contributed by atoms with Crippen molar-refractivity contribution in [3.8, 4) is 0 Å². The molecule has 1 aliphatic heterocycles. The van der Waals surface area contributed by atoms with Crippen LogP contribution in [0.15, 0.2) is 4.99 Å². The fraction of sp³-hybridized carbons (Fsp3) is 0.917. The van der Waals surface area contributed by atoms with Gasteiger partial charge in [0.15, 0.2) is 5.96 Å². The zero-order chi connectivity index (χ0) is 12.5. The van der Waals surface area contributed by atoms with Crippen molar-refractivity contribution >= 4 is 29.9 Å². The van der Waals surface area contributed by atoms with Gasteiger partial charge in [-0.1, -0.05) is 6.92 Å². The summed E-state index contributed by atoms with van der Waals surface area (Å²) in [5.74, 6) is 1.41. The Morgan fingerprint density at radius 1 is 1.44 bits per heavy atom. The van der Waals surface area contributed by atoms with Crippen LogP contribution in [0, 0.1) is 5.92 Å². The maximum absolute atomic E-state index is 5.72. The van der Waals surface area contributed by atoms with Crippen molar-refractivity contribution in [2.24, 2.45) is 16.6 Å². The predicted molar refractivity (Wildman–Crippen MR) is 86.6 cm³/mol. The molecule has 18 heavy (non-hydrogen) atoms. The smallest absolute Gasteiger partial charge is 0.188 e. The van der Waals surface area contributed by atoms with Gasteiger partial charge in [-0.25, -0.2) is 0 Å². The molecule has 1 rings (SSSR count). The molecule has 1 saturated heterocycles. The lowest BCUT2D eigenvalue weighted by Crippen LogP contribution is -2.37. The minimum Gasteiger partial charge on any atom is -0.383 e. The van der Waals surface area contributed by atoms with Gasteiger partial charge >= 0.3 is 0 Å². The molecule has 1 aliphatic rings. The van der Waals surface area contributed by atoms with Crippen LogP contribution in [0.3, 0.4) is 0 Å². The number of guanidine groups is 1. The number of methoxy groups -OCH3 is 1. The highest BCUT2D eigenvalue weighted by molar-refractivity contribution is 14.0. The molecular weight excluding hydrogens is 343 g/mol. The first kappa shape index (κ1) is 17.9. The number of nitrogens with two attached hydrogens (primary N) is 1. The Balaban J connectivity index is 0.00000289.